The summed E-state index contributed by atoms with van der Waals surface area (Å²) in [6.45, 7) is 4.05. The van der Waals surface area contributed by atoms with Gasteiger partial charge >= 0.3 is 0 Å². The van der Waals surface area contributed by atoms with Crippen molar-refractivity contribution in [2.24, 2.45) is 11.8 Å². The van der Waals surface area contributed by atoms with Crippen molar-refractivity contribution in [1.29, 1.82) is 0 Å². The maximum absolute atomic E-state index is 11.7. The van der Waals surface area contributed by atoms with E-state index in [0.29, 0.717) is 12.3 Å². The van der Waals surface area contributed by atoms with Gasteiger partial charge in [0.15, 0.2) is 5.78 Å². The third-order valence-corrected chi connectivity index (χ3v) is 3.48. The maximum atomic E-state index is 11.7. The highest BCUT2D eigenvalue weighted by Gasteiger charge is 2.29. The minimum atomic E-state index is -0.712. The molecule has 82 valence electrons. The molecule has 1 aliphatic rings. The number of rotatable bonds is 4. The second-order valence-electron chi connectivity index (χ2n) is 4.46. The number of aliphatic hydroxyl groups is 1. The number of hydrogen-bond acceptors (Lipinski definition) is 2. The first kappa shape index (κ1) is 11.7. The van der Waals surface area contributed by atoms with Crippen molar-refractivity contribution in [3.05, 3.63) is 0 Å². The molecule has 0 bridgehead atoms. The van der Waals surface area contributed by atoms with Crippen LogP contribution in [0.4, 0.5) is 0 Å². The third kappa shape index (κ3) is 2.81. The Balaban J connectivity index is 2.47. The molecular weight excluding hydrogens is 176 g/mol. The first-order valence-corrected chi connectivity index (χ1v) is 5.90. The molecule has 0 aromatic heterocycles. The lowest BCUT2D eigenvalue weighted by atomic mass is 9.77. The Hall–Kier alpha value is -0.370. The number of ketones is 1. The Morgan fingerprint density at radius 1 is 1.43 bits per heavy atom. The van der Waals surface area contributed by atoms with Gasteiger partial charge in [-0.05, 0) is 25.2 Å². The van der Waals surface area contributed by atoms with Crippen molar-refractivity contribution in [2.45, 2.75) is 58.5 Å². The van der Waals surface area contributed by atoms with E-state index in [4.69, 9.17) is 0 Å². The quantitative estimate of drug-likeness (QED) is 0.753. The van der Waals surface area contributed by atoms with Gasteiger partial charge in [-0.25, -0.2) is 0 Å². The lowest BCUT2D eigenvalue weighted by Crippen LogP contribution is -2.31. The Kier molecular flexibility index (Phi) is 4.59. The topological polar surface area (TPSA) is 37.3 Å². The van der Waals surface area contributed by atoms with E-state index in [2.05, 4.69) is 6.92 Å². The number of hydrogen-bond donors (Lipinski definition) is 1. The summed E-state index contributed by atoms with van der Waals surface area (Å²) < 4.78 is 0. The van der Waals surface area contributed by atoms with Gasteiger partial charge in [0, 0.05) is 5.92 Å². The van der Waals surface area contributed by atoms with Crippen LogP contribution in [0.15, 0.2) is 0 Å². The summed E-state index contributed by atoms with van der Waals surface area (Å²) in [6, 6.07) is 0. The predicted molar refractivity (Wildman–Crippen MR) is 57.0 cm³/mol. The summed E-state index contributed by atoms with van der Waals surface area (Å²) in [5.74, 6) is 0.941. The number of carbonyl (C=O) groups is 1. The summed E-state index contributed by atoms with van der Waals surface area (Å²) in [5.41, 5.74) is 0. The van der Waals surface area contributed by atoms with E-state index in [1.54, 1.807) is 0 Å². The highest BCUT2D eigenvalue weighted by Crippen LogP contribution is 2.32. The van der Waals surface area contributed by atoms with Crippen LogP contribution in [0, 0.1) is 11.8 Å². The molecule has 3 unspecified atom stereocenters. The molecule has 2 nitrogen and oxygen atoms in total. The second-order valence-corrected chi connectivity index (χ2v) is 4.46. The predicted octanol–water partition coefficient (Wildman–Crippen LogP) is 2.54. The van der Waals surface area contributed by atoms with Crippen LogP contribution in [0.3, 0.4) is 0 Å². The van der Waals surface area contributed by atoms with Crippen LogP contribution in [0.1, 0.15) is 52.4 Å². The van der Waals surface area contributed by atoms with E-state index < -0.39 is 6.10 Å². The smallest absolute Gasteiger partial charge is 0.164 e. The molecular formula is C12H22O2. The van der Waals surface area contributed by atoms with Crippen LogP contribution in [0.25, 0.3) is 0 Å². The standard InChI is InChI=1S/C12H22O2/c1-3-9-6-5-7-10(8-9)12(14)11(13)4-2/h9-11,13H,3-8H2,1-2H3. The zero-order valence-corrected chi connectivity index (χ0v) is 9.33. The molecule has 0 spiro atoms. The van der Waals surface area contributed by atoms with Gasteiger partial charge < -0.3 is 5.11 Å². The van der Waals surface area contributed by atoms with Crippen LogP contribution in [0.2, 0.25) is 0 Å². The summed E-state index contributed by atoms with van der Waals surface area (Å²) in [6.07, 6.45) is 5.45. The van der Waals surface area contributed by atoms with Crippen LogP contribution in [-0.2, 0) is 4.79 Å². The van der Waals surface area contributed by atoms with Crippen molar-refractivity contribution in [3.63, 3.8) is 0 Å². The van der Waals surface area contributed by atoms with Gasteiger partial charge in [0.1, 0.15) is 6.10 Å². The Labute approximate surface area is 86.7 Å². The number of aliphatic hydroxyl groups excluding tert-OH is 1. The summed E-state index contributed by atoms with van der Waals surface area (Å²) in [7, 11) is 0. The molecule has 0 aromatic carbocycles. The zero-order chi connectivity index (χ0) is 10.6. The van der Waals surface area contributed by atoms with Crippen LogP contribution >= 0.6 is 0 Å². The van der Waals surface area contributed by atoms with E-state index in [9.17, 15) is 9.90 Å². The maximum Gasteiger partial charge on any atom is 0.164 e. The van der Waals surface area contributed by atoms with Gasteiger partial charge in [0.2, 0.25) is 0 Å². The Bertz CT molecular complexity index is 189. The van der Waals surface area contributed by atoms with Crippen LogP contribution < -0.4 is 0 Å². The molecule has 0 saturated heterocycles. The lowest BCUT2D eigenvalue weighted by molar-refractivity contribution is -0.132. The van der Waals surface area contributed by atoms with E-state index in [0.717, 1.165) is 19.3 Å². The van der Waals surface area contributed by atoms with Crippen LogP contribution in [-0.4, -0.2) is 17.0 Å². The highest BCUT2D eigenvalue weighted by molar-refractivity contribution is 5.85. The van der Waals surface area contributed by atoms with Gasteiger partial charge in [-0.3, -0.25) is 4.79 Å². The fourth-order valence-electron chi connectivity index (χ4n) is 2.39. The van der Waals surface area contributed by atoms with Gasteiger partial charge in [0.05, 0.1) is 0 Å². The van der Waals surface area contributed by atoms with Gasteiger partial charge in [0.25, 0.3) is 0 Å². The first-order valence-electron chi connectivity index (χ1n) is 5.90. The second kappa shape index (κ2) is 5.50. The molecule has 1 rings (SSSR count). The van der Waals surface area contributed by atoms with E-state index >= 15 is 0 Å². The minimum Gasteiger partial charge on any atom is -0.385 e. The first-order chi connectivity index (χ1) is 6.69. The molecule has 14 heavy (non-hydrogen) atoms. The monoisotopic (exact) mass is 198 g/mol. The van der Waals surface area contributed by atoms with Gasteiger partial charge in [-0.15, -0.1) is 0 Å². The van der Waals surface area contributed by atoms with E-state index in [-0.39, 0.29) is 11.7 Å². The summed E-state index contributed by atoms with van der Waals surface area (Å²) >= 11 is 0. The molecule has 0 heterocycles. The van der Waals surface area contributed by atoms with E-state index in [1.807, 2.05) is 6.92 Å². The molecule has 0 radical (unpaired) electrons. The largest absolute Gasteiger partial charge is 0.385 e. The summed E-state index contributed by atoms with van der Waals surface area (Å²) in [4.78, 5) is 11.7. The molecule has 1 saturated carbocycles. The molecule has 1 N–H and O–H groups in total. The number of carbonyl (C=O) groups excluding carboxylic acids is 1. The van der Waals surface area contributed by atoms with Crippen molar-refractivity contribution in [3.8, 4) is 0 Å². The molecule has 0 amide bonds. The van der Waals surface area contributed by atoms with Crippen molar-refractivity contribution in [2.75, 3.05) is 0 Å². The lowest BCUT2D eigenvalue weighted by Gasteiger charge is -2.28. The van der Waals surface area contributed by atoms with E-state index in [1.165, 1.54) is 12.8 Å². The molecule has 1 aliphatic carbocycles. The molecule has 3 atom stereocenters. The average molecular weight is 198 g/mol. The summed E-state index contributed by atoms with van der Waals surface area (Å²) in [5, 5.41) is 9.49. The zero-order valence-electron chi connectivity index (χ0n) is 9.33. The normalized spacial score (nSPS) is 29.9. The minimum absolute atomic E-state index is 0.0886. The molecule has 2 heteroatoms. The molecule has 0 aromatic rings. The third-order valence-electron chi connectivity index (χ3n) is 3.48. The van der Waals surface area contributed by atoms with Crippen LogP contribution in [0.5, 0.6) is 0 Å². The fraction of sp³-hybridized carbons (Fsp3) is 0.917. The van der Waals surface area contributed by atoms with Crippen molar-refractivity contribution in [1.82, 2.24) is 0 Å². The van der Waals surface area contributed by atoms with Crippen molar-refractivity contribution < 1.29 is 9.90 Å². The average Bonchev–Trinajstić information content (AvgIpc) is 2.27. The molecule has 1 fully saturated rings. The Morgan fingerprint density at radius 3 is 2.71 bits per heavy atom. The Morgan fingerprint density at radius 2 is 2.14 bits per heavy atom. The highest BCUT2D eigenvalue weighted by atomic mass is 16.3. The van der Waals surface area contributed by atoms with Gasteiger partial charge in [-0.1, -0.05) is 33.1 Å². The SMILES string of the molecule is CCC1CCCC(C(=O)C(O)CC)C1. The number of Topliss-reactive ketones (excluding diaryl/α,β-unsaturated/α-hetero) is 1. The molecule has 0 aliphatic heterocycles. The fourth-order valence-corrected chi connectivity index (χ4v) is 2.39. The van der Waals surface area contributed by atoms with Crippen molar-refractivity contribution >= 4 is 5.78 Å². The van der Waals surface area contributed by atoms with Gasteiger partial charge in [-0.2, -0.15) is 0 Å².